The third kappa shape index (κ3) is 24.4. The van der Waals surface area contributed by atoms with E-state index in [-0.39, 0.29) is 18.2 Å². The van der Waals surface area contributed by atoms with Gasteiger partial charge in [0, 0.05) is 39.3 Å². The molecule has 0 aromatic carbocycles. The molecule has 184 valence electrons. The second-order valence-electron chi connectivity index (χ2n) is 6.13. The molecule has 0 aliphatic rings. The van der Waals surface area contributed by atoms with E-state index in [9.17, 15) is 19.2 Å². The van der Waals surface area contributed by atoms with Gasteiger partial charge in [-0.05, 0) is 0 Å². The number of carboxylic acids is 2. The van der Waals surface area contributed by atoms with Crippen molar-refractivity contribution in [2.75, 3.05) is 39.3 Å². The molecule has 9 nitrogen and oxygen atoms in total. The fourth-order valence-electron chi connectivity index (χ4n) is 1.95. The first-order valence-electron chi connectivity index (χ1n) is 10.00. The van der Waals surface area contributed by atoms with Crippen molar-refractivity contribution < 1.29 is 29.4 Å². The Labute approximate surface area is 196 Å². The monoisotopic (exact) mass is 463 g/mol. The molecule has 3 N–H and O–H groups in total. The second-order valence-corrected chi connectivity index (χ2v) is 6.13. The van der Waals surface area contributed by atoms with Gasteiger partial charge in [0.15, 0.2) is 0 Å². The lowest BCUT2D eigenvalue weighted by Gasteiger charge is -2.22. The van der Waals surface area contributed by atoms with Gasteiger partial charge in [-0.15, -0.1) is 39.5 Å². The van der Waals surface area contributed by atoms with Gasteiger partial charge in [0.1, 0.15) is 12.8 Å². The molecule has 0 heterocycles. The van der Waals surface area contributed by atoms with E-state index in [4.69, 9.17) is 10.2 Å². The maximum Gasteiger partial charge on any atom is 0.314 e. The summed E-state index contributed by atoms with van der Waals surface area (Å²) < 4.78 is 0. The maximum absolute atomic E-state index is 12.0. The highest BCUT2D eigenvalue weighted by Crippen LogP contribution is 2.01. The van der Waals surface area contributed by atoms with Crippen LogP contribution in [-0.2, 0) is 19.2 Å². The Kier molecular flexibility index (Phi) is 25.2. The van der Waals surface area contributed by atoms with E-state index in [0.29, 0.717) is 26.2 Å². The van der Waals surface area contributed by atoms with Crippen molar-refractivity contribution in [2.45, 2.75) is 12.8 Å². The van der Waals surface area contributed by atoms with Gasteiger partial charge in [-0.3, -0.25) is 19.2 Å². The molecule has 0 rings (SSSR count). The van der Waals surface area contributed by atoms with Crippen LogP contribution in [0.15, 0.2) is 75.9 Å². The molecule has 0 saturated heterocycles. The Morgan fingerprint density at radius 1 is 0.576 bits per heavy atom. The molecule has 0 radical (unpaired) electrons. The van der Waals surface area contributed by atoms with Crippen molar-refractivity contribution in [1.82, 2.24) is 15.1 Å². The number of rotatable bonds is 16. The number of carbonyl (C=O) groups excluding carboxylic acids is 2. The minimum Gasteiger partial charge on any atom is -0.481 e. The van der Waals surface area contributed by atoms with E-state index in [1.807, 2.05) is 12.2 Å². The number of carboxylic acid groups (broad SMARTS) is 2. The fraction of sp³-hybridized carbons (Fsp3) is 0.333. The van der Waals surface area contributed by atoms with Gasteiger partial charge in [-0.1, -0.05) is 36.5 Å². The van der Waals surface area contributed by atoms with Gasteiger partial charge in [0.25, 0.3) is 0 Å². The van der Waals surface area contributed by atoms with E-state index in [2.05, 4.69) is 44.8 Å². The summed E-state index contributed by atoms with van der Waals surface area (Å²) in [7, 11) is 0. The van der Waals surface area contributed by atoms with Crippen LogP contribution in [0.2, 0.25) is 0 Å². The Balaban J connectivity index is -0.000000524. The molecule has 9 heteroatoms. The van der Waals surface area contributed by atoms with Crippen LogP contribution in [0.25, 0.3) is 0 Å². The summed E-state index contributed by atoms with van der Waals surface area (Å²) in [5.74, 6) is -3.09. The van der Waals surface area contributed by atoms with Crippen molar-refractivity contribution >= 4 is 23.8 Å². The minimum absolute atomic E-state index is 0.163. The van der Waals surface area contributed by atoms with E-state index >= 15 is 0 Å². The summed E-state index contributed by atoms with van der Waals surface area (Å²) in [5.41, 5.74) is 0. The molecule has 0 aliphatic carbocycles. The number of aliphatic carboxylic acids is 2. The number of nitrogens with one attached hydrogen (secondary N) is 1. The lowest BCUT2D eigenvalue weighted by molar-refractivity contribution is -0.147. The zero-order valence-corrected chi connectivity index (χ0v) is 19.3. The van der Waals surface area contributed by atoms with Crippen LogP contribution in [0.3, 0.4) is 0 Å². The van der Waals surface area contributed by atoms with Gasteiger partial charge in [-0.25, -0.2) is 0 Å². The zero-order chi connectivity index (χ0) is 26.1. The topological polar surface area (TPSA) is 127 Å². The summed E-state index contributed by atoms with van der Waals surface area (Å²) in [6, 6.07) is 0. The third-order valence-electron chi connectivity index (χ3n) is 3.29. The highest BCUT2D eigenvalue weighted by atomic mass is 16.4. The SMILES string of the molecule is C=CCN(CC=C)C(=O)CC(=O)N(CC=C)CC=C.C=CCNCC=C.O=C(O)CC(=O)O. The molecule has 0 fully saturated rings. The van der Waals surface area contributed by atoms with Crippen LogP contribution in [0.5, 0.6) is 0 Å². The van der Waals surface area contributed by atoms with E-state index in [0.717, 1.165) is 13.1 Å². The first-order valence-corrected chi connectivity index (χ1v) is 10.00. The average molecular weight is 464 g/mol. The van der Waals surface area contributed by atoms with E-state index in [1.165, 1.54) is 9.80 Å². The van der Waals surface area contributed by atoms with Crippen LogP contribution >= 0.6 is 0 Å². The molecule has 0 aliphatic heterocycles. The lowest BCUT2D eigenvalue weighted by atomic mass is 10.3. The summed E-state index contributed by atoms with van der Waals surface area (Å²) in [6.07, 6.45) is 9.17. The van der Waals surface area contributed by atoms with Gasteiger partial charge in [-0.2, -0.15) is 0 Å². The molecule has 2 amide bonds. The Bertz CT molecular complexity index is 599. The van der Waals surface area contributed by atoms with Crippen molar-refractivity contribution in [2.24, 2.45) is 0 Å². The predicted octanol–water partition coefficient (Wildman–Crippen LogP) is 2.27. The Hall–Kier alpha value is -3.72. The number of nitrogens with zero attached hydrogens (tertiary/aromatic N) is 2. The molecule has 0 aromatic rings. The van der Waals surface area contributed by atoms with Crippen LogP contribution < -0.4 is 5.32 Å². The van der Waals surface area contributed by atoms with Crippen LogP contribution in [0.4, 0.5) is 0 Å². The minimum atomic E-state index is -1.31. The molecule has 0 unspecified atom stereocenters. The summed E-state index contributed by atoms with van der Waals surface area (Å²) in [4.78, 5) is 45.9. The average Bonchev–Trinajstić information content (AvgIpc) is 2.73. The second kappa shape index (κ2) is 24.5. The highest BCUT2D eigenvalue weighted by molar-refractivity contribution is 5.97. The first-order chi connectivity index (χ1) is 15.6. The van der Waals surface area contributed by atoms with Gasteiger partial charge in [0.2, 0.25) is 11.8 Å². The van der Waals surface area contributed by atoms with E-state index < -0.39 is 18.4 Å². The molecule has 0 spiro atoms. The molecule has 0 saturated carbocycles. The van der Waals surface area contributed by atoms with Gasteiger partial charge in [0.05, 0.1) is 0 Å². The van der Waals surface area contributed by atoms with Crippen molar-refractivity contribution in [3.8, 4) is 0 Å². The number of amides is 2. The van der Waals surface area contributed by atoms with Crippen LogP contribution in [0, 0.1) is 0 Å². The zero-order valence-electron chi connectivity index (χ0n) is 19.3. The molecule has 0 bridgehead atoms. The summed E-state index contributed by atoms with van der Waals surface area (Å²) in [6.45, 7) is 24.8. The molecule has 0 atom stereocenters. The molecule has 33 heavy (non-hydrogen) atoms. The van der Waals surface area contributed by atoms with Gasteiger partial charge < -0.3 is 25.3 Å². The van der Waals surface area contributed by atoms with Crippen molar-refractivity contribution in [3.63, 3.8) is 0 Å². The Morgan fingerprint density at radius 3 is 1.06 bits per heavy atom. The lowest BCUT2D eigenvalue weighted by Crippen LogP contribution is -2.38. The standard InChI is InChI=1S/C15H22N2O2.C6H11N.C3H4O4/c1-5-9-16(10-6-2)14(18)13-15(19)17(11-7-3)12-8-4;1-3-5-7-6-4-2;4-2(5)1-3(6)7/h5-8H,1-4,9-13H2;3-4,7H,1-2,5-6H2;1H2,(H,4,5)(H,6,7). The normalized spacial score (nSPS) is 8.73. The fourth-order valence-corrected chi connectivity index (χ4v) is 1.95. The largest absolute Gasteiger partial charge is 0.481 e. The number of hydrogen-bond donors (Lipinski definition) is 3. The van der Waals surface area contributed by atoms with Crippen molar-refractivity contribution in [3.05, 3.63) is 75.9 Å². The molecule has 0 aromatic heterocycles. The number of carbonyl (C=O) groups is 4. The first kappa shape index (κ1) is 33.9. The highest BCUT2D eigenvalue weighted by Gasteiger charge is 2.19. The predicted molar refractivity (Wildman–Crippen MR) is 132 cm³/mol. The smallest absolute Gasteiger partial charge is 0.314 e. The molecular weight excluding hydrogens is 426 g/mol. The van der Waals surface area contributed by atoms with Crippen LogP contribution in [0.1, 0.15) is 12.8 Å². The summed E-state index contributed by atoms with van der Waals surface area (Å²) in [5, 5.41) is 18.5. The van der Waals surface area contributed by atoms with E-state index in [1.54, 1.807) is 24.3 Å². The summed E-state index contributed by atoms with van der Waals surface area (Å²) >= 11 is 0. The van der Waals surface area contributed by atoms with Crippen LogP contribution in [-0.4, -0.2) is 83.0 Å². The maximum atomic E-state index is 12.0. The van der Waals surface area contributed by atoms with Gasteiger partial charge >= 0.3 is 11.9 Å². The Morgan fingerprint density at radius 2 is 0.879 bits per heavy atom. The quantitative estimate of drug-likeness (QED) is 0.182. The number of hydrogen-bond acceptors (Lipinski definition) is 5. The third-order valence-corrected chi connectivity index (χ3v) is 3.29. The molecular formula is C24H37N3O6. The van der Waals surface area contributed by atoms with Crippen molar-refractivity contribution in [1.29, 1.82) is 0 Å².